The van der Waals surface area contributed by atoms with Crippen molar-refractivity contribution in [2.24, 2.45) is 0 Å². The summed E-state index contributed by atoms with van der Waals surface area (Å²) in [4.78, 5) is 1.36. The van der Waals surface area contributed by atoms with Crippen LogP contribution in [0.5, 0.6) is 0 Å². The molecule has 0 amide bonds. The summed E-state index contributed by atoms with van der Waals surface area (Å²) in [6.07, 6.45) is 3.29. The molecule has 0 aliphatic heterocycles. The molecule has 1 heteroatoms. The van der Waals surface area contributed by atoms with Crippen molar-refractivity contribution in [2.45, 2.75) is 32.1 Å². The number of benzene rings is 1. The fourth-order valence-electron chi connectivity index (χ4n) is 1.15. The van der Waals surface area contributed by atoms with Gasteiger partial charge in [0.05, 0.1) is 0 Å². The fourth-order valence-corrected chi connectivity index (χ4v) is 1.98. The third-order valence-corrected chi connectivity index (χ3v) is 2.90. The van der Waals surface area contributed by atoms with Gasteiger partial charge >= 0.3 is 0 Å². The first-order valence-electron chi connectivity index (χ1n) is 4.63. The second kappa shape index (κ2) is 5.13. The van der Waals surface area contributed by atoms with E-state index in [1.807, 2.05) is 0 Å². The Morgan fingerprint density at radius 2 is 2.08 bits per heavy atom. The molecule has 0 aliphatic carbocycles. The largest absolute Gasteiger partial charge is 0.0981 e. The predicted octanol–water partition coefficient (Wildman–Crippen LogP) is 4.32. The lowest BCUT2D eigenvalue weighted by molar-refractivity contribution is 1.23. The molecule has 0 radical (unpaired) electrons. The van der Waals surface area contributed by atoms with Crippen LogP contribution in [-0.4, -0.2) is 0 Å². The zero-order chi connectivity index (χ0) is 9.68. The Morgan fingerprint density at radius 3 is 2.69 bits per heavy atom. The van der Waals surface area contributed by atoms with E-state index in [0.29, 0.717) is 0 Å². The Kier molecular flexibility index (Phi) is 4.10. The molecule has 0 spiro atoms. The van der Waals surface area contributed by atoms with Crippen LogP contribution >= 0.6 is 11.8 Å². The third kappa shape index (κ3) is 3.27. The van der Waals surface area contributed by atoms with Crippen LogP contribution in [0.25, 0.3) is 0 Å². The van der Waals surface area contributed by atoms with Gasteiger partial charge in [-0.2, -0.15) is 0 Å². The van der Waals surface area contributed by atoms with Crippen LogP contribution < -0.4 is 0 Å². The number of hydrogen-bond acceptors (Lipinski definition) is 1. The molecule has 0 heterocycles. The molecular weight excluding hydrogens is 176 g/mol. The van der Waals surface area contributed by atoms with Crippen LogP contribution in [0.15, 0.2) is 34.6 Å². The molecule has 0 fully saturated rings. The van der Waals surface area contributed by atoms with Gasteiger partial charge in [-0.05, 0) is 37.3 Å². The molecular formula is C12H16S. The van der Waals surface area contributed by atoms with Gasteiger partial charge in [-0.3, -0.25) is 0 Å². The summed E-state index contributed by atoms with van der Waals surface area (Å²) in [5.41, 5.74) is 2.70. The molecule has 0 N–H and O–H groups in total. The highest BCUT2D eigenvalue weighted by atomic mass is 32.2. The lowest BCUT2D eigenvalue weighted by atomic mass is 10.2. The molecule has 0 atom stereocenters. The van der Waals surface area contributed by atoms with Crippen LogP contribution in [0, 0.1) is 13.8 Å². The second-order valence-electron chi connectivity index (χ2n) is 3.17. The van der Waals surface area contributed by atoms with Crippen LogP contribution in [0.4, 0.5) is 0 Å². The molecule has 1 aromatic rings. The summed E-state index contributed by atoms with van der Waals surface area (Å²) in [6.45, 7) is 6.44. The minimum atomic E-state index is 1.11. The van der Waals surface area contributed by atoms with Crippen LogP contribution in [0.3, 0.4) is 0 Å². The predicted molar refractivity (Wildman–Crippen MR) is 61.2 cm³/mol. The molecule has 1 aromatic carbocycles. The monoisotopic (exact) mass is 192 g/mol. The highest BCUT2D eigenvalue weighted by Crippen LogP contribution is 2.23. The maximum absolute atomic E-state index is 2.22. The second-order valence-corrected chi connectivity index (χ2v) is 4.11. The molecule has 13 heavy (non-hydrogen) atoms. The van der Waals surface area contributed by atoms with E-state index in [1.54, 1.807) is 11.8 Å². The van der Waals surface area contributed by atoms with Gasteiger partial charge in [-0.1, -0.05) is 42.5 Å². The minimum Gasteiger partial charge on any atom is -0.0981 e. The summed E-state index contributed by atoms with van der Waals surface area (Å²) >= 11 is 1.80. The lowest BCUT2D eigenvalue weighted by Gasteiger charge is -2.02. The highest BCUT2D eigenvalue weighted by Gasteiger charge is 1.95. The molecule has 0 saturated carbocycles. The van der Waals surface area contributed by atoms with Gasteiger partial charge in [-0.25, -0.2) is 0 Å². The number of thioether (sulfide) groups is 1. The van der Waals surface area contributed by atoms with Crippen molar-refractivity contribution in [3.63, 3.8) is 0 Å². The van der Waals surface area contributed by atoms with Gasteiger partial charge in [0.25, 0.3) is 0 Å². The van der Waals surface area contributed by atoms with Gasteiger partial charge in [0.15, 0.2) is 0 Å². The molecule has 70 valence electrons. The lowest BCUT2D eigenvalue weighted by Crippen LogP contribution is -1.79. The van der Waals surface area contributed by atoms with E-state index in [2.05, 4.69) is 50.5 Å². The number of rotatable bonds is 3. The van der Waals surface area contributed by atoms with Crippen molar-refractivity contribution in [2.75, 3.05) is 0 Å². The first kappa shape index (κ1) is 10.4. The summed E-state index contributed by atoms with van der Waals surface area (Å²) in [5.74, 6) is 0. The van der Waals surface area contributed by atoms with Gasteiger partial charge in [-0.15, -0.1) is 0 Å². The number of hydrogen-bond donors (Lipinski definition) is 0. The Labute approximate surface area is 85.1 Å². The summed E-state index contributed by atoms with van der Waals surface area (Å²) < 4.78 is 0. The molecule has 0 saturated heterocycles. The Hall–Kier alpha value is -0.690. The van der Waals surface area contributed by atoms with Crippen molar-refractivity contribution < 1.29 is 0 Å². The van der Waals surface area contributed by atoms with Crippen molar-refractivity contribution in [3.8, 4) is 0 Å². The molecule has 1 rings (SSSR count). The van der Waals surface area contributed by atoms with E-state index in [-0.39, 0.29) is 0 Å². The van der Waals surface area contributed by atoms with Crippen LogP contribution in [0.2, 0.25) is 0 Å². The van der Waals surface area contributed by atoms with Crippen molar-refractivity contribution in [1.82, 2.24) is 0 Å². The molecule has 0 bridgehead atoms. The Balaban J connectivity index is 2.72. The quantitative estimate of drug-likeness (QED) is 0.643. The maximum Gasteiger partial charge on any atom is 0.0145 e. The SMILES string of the molecule is CC/C=C\Sc1ccc(C)cc1C. The molecule has 0 unspecified atom stereocenters. The highest BCUT2D eigenvalue weighted by molar-refractivity contribution is 8.02. The molecule has 0 nitrogen and oxygen atoms in total. The normalized spacial score (nSPS) is 11.0. The summed E-state index contributed by atoms with van der Waals surface area (Å²) in [7, 11) is 0. The van der Waals surface area contributed by atoms with Gasteiger partial charge in [0.2, 0.25) is 0 Å². The van der Waals surface area contributed by atoms with Crippen LogP contribution in [0.1, 0.15) is 24.5 Å². The minimum absolute atomic E-state index is 1.11. The third-order valence-electron chi connectivity index (χ3n) is 1.86. The molecule has 0 aromatic heterocycles. The van der Waals surface area contributed by atoms with E-state index in [4.69, 9.17) is 0 Å². The van der Waals surface area contributed by atoms with Gasteiger partial charge in [0, 0.05) is 4.90 Å². The topological polar surface area (TPSA) is 0 Å². The Bertz CT molecular complexity index is 300. The average Bonchev–Trinajstić information content (AvgIpc) is 2.09. The maximum atomic E-state index is 2.22. The molecule has 0 aliphatic rings. The van der Waals surface area contributed by atoms with Crippen molar-refractivity contribution in [1.29, 1.82) is 0 Å². The van der Waals surface area contributed by atoms with Gasteiger partial charge in [0.1, 0.15) is 0 Å². The summed E-state index contributed by atoms with van der Waals surface area (Å²) in [5, 5.41) is 2.16. The smallest absolute Gasteiger partial charge is 0.0145 e. The number of aryl methyl sites for hydroxylation is 2. The van der Waals surface area contributed by atoms with E-state index in [0.717, 1.165) is 6.42 Å². The Morgan fingerprint density at radius 1 is 1.31 bits per heavy atom. The van der Waals surface area contributed by atoms with Crippen molar-refractivity contribution in [3.05, 3.63) is 40.8 Å². The number of allylic oxidation sites excluding steroid dienone is 1. The first-order valence-corrected chi connectivity index (χ1v) is 5.51. The van der Waals surface area contributed by atoms with Crippen LogP contribution in [-0.2, 0) is 0 Å². The van der Waals surface area contributed by atoms with E-state index < -0.39 is 0 Å². The fraction of sp³-hybridized carbons (Fsp3) is 0.333. The van der Waals surface area contributed by atoms with E-state index in [1.165, 1.54) is 16.0 Å². The zero-order valence-electron chi connectivity index (χ0n) is 8.50. The van der Waals surface area contributed by atoms with Crippen molar-refractivity contribution >= 4 is 11.8 Å². The van der Waals surface area contributed by atoms with Gasteiger partial charge < -0.3 is 0 Å². The zero-order valence-corrected chi connectivity index (χ0v) is 9.32. The summed E-state index contributed by atoms with van der Waals surface area (Å²) in [6, 6.07) is 6.58. The first-order chi connectivity index (χ1) is 6.24. The standard InChI is InChI=1S/C12H16S/c1-4-5-8-13-12-7-6-10(2)9-11(12)3/h5-9H,4H2,1-3H3/b8-5-. The average molecular weight is 192 g/mol. The van der Waals surface area contributed by atoms with E-state index in [9.17, 15) is 0 Å². The van der Waals surface area contributed by atoms with E-state index >= 15 is 0 Å².